The molecule has 0 saturated carbocycles. The van der Waals surface area contributed by atoms with E-state index in [9.17, 15) is 19.5 Å². The maximum atomic E-state index is 12.7. The van der Waals surface area contributed by atoms with E-state index in [4.69, 9.17) is 4.74 Å². The molecule has 0 aliphatic carbocycles. The minimum atomic E-state index is -1.61. The molecule has 1 amide bonds. The number of nitrogens with zero attached hydrogens (tertiary/aromatic N) is 2. The summed E-state index contributed by atoms with van der Waals surface area (Å²) in [5.41, 5.74) is 1.98. The number of hydrogen-bond donors (Lipinski definition) is 2. The summed E-state index contributed by atoms with van der Waals surface area (Å²) in [6.07, 6.45) is 0. The molecule has 0 spiro atoms. The van der Waals surface area contributed by atoms with Crippen LogP contribution in [0.5, 0.6) is 5.75 Å². The molecule has 2 N–H and O–H groups in total. The highest BCUT2D eigenvalue weighted by Gasteiger charge is 2.23. The number of aromatic nitrogens is 2. The van der Waals surface area contributed by atoms with Crippen LogP contribution < -0.4 is 10.9 Å². The lowest BCUT2D eigenvalue weighted by Gasteiger charge is -2.19. The standard InChI is InChI=1S/C21H27N3O5Si/c1-21(2,3)29-15(25)12-22-19(27)16-17(26)14-9-8-13(10-11-30(5,6)7)23-18(14)24(4)20(16)28/h8-9,26H,12H2,1-7H3,(H,22,27). The van der Waals surface area contributed by atoms with E-state index in [1.165, 1.54) is 11.6 Å². The summed E-state index contributed by atoms with van der Waals surface area (Å²) in [7, 11) is -0.154. The average molecular weight is 430 g/mol. The van der Waals surface area contributed by atoms with Crippen LogP contribution in [0.2, 0.25) is 19.6 Å². The van der Waals surface area contributed by atoms with E-state index in [-0.39, 0.29) is 11.0 Å². The molecule has 0 aliphatic rings. The molecule has 0 radical (unpaired) electrons. The molecule has 0 aliphatic heterocycles. The summed E-state index contributed by atoms with van der Waals surface area (Å²) < 4.78 is 6.30. The molecule has 0 fully saturated rings. The number of carbonyl (C=O) groups excluding carboxylic acids is 2. The number of carbonyl (C=O) groups is 2. The highest BCUT2D eigenvalue weighted by Crippen LogP contribution is 2.25. The molecule has 0 saturated heterocycles. The normalized spacial score (nSPS) is 11.6. The Bertz CT molecular complexity index is 1130. The number of fused-ring (bicyclic) bond motifs is 1. The van der Waals surface area contributed by atoms with Crippen molar-refractivity contribution in [1.29, 1.82) is 0 Å². The Labute approximate surface area is 176 Å². The largest absolute Gasteiger partial charge is 0.506 e. The van der Waals surface area contributed by atoms with Gasteiger partial charge in [-0.05, 0) is 32.9 Å². The molecule has 2 rings (SSSR count). The van der Waals surface area contributed by atoms with Crippen molar-refractivity contribution in [1.82, 2.24) is 14.9 Å². The van der Waals surface area contributed by atoms with Crippen molar-refractivity contribution in [2.75, 3.05) is 6.54 Å². The first-order valence-corrected chi connectivity index (χ1v) is 13.0. The number of rotatable bonds is 3. The molecule has 0 atom stereocenters. The SMILES string of the molecule is Cn1c(=O)c(C(=O)NCC(=O)OC(C)(C)C)c(O)c2ccc(C#C[Si](C)(C)C)nc21. The van der Waals surface area contributed by atoms with Crippen LogP contribution in [-0.2, 0) is 16.6 Å². The van der Waals surface area contributed by atoms with E-state index >= 15 is 0 Å². The monoisotopic (exact) mass is 429 g/mol. The minimum Gasteiger partial charge on any atom is -0.506 e. The van der Waals surface area contributed by atoms with E-state index in [0.29, 0.717) is 5.69 Å². The lowest BCUT2D eigenvalue weighted by Crippen LogP contribution is -2.37. The zero-order valence-corrected chi connectivity index (χ0v) is 19.3. The highest BCUT2D eigenvalue weighted by molar-refractivity contribution is 6.83. The highest BCUT2D eigenvalue weighted by atomic mass is 28.3. The maximum Gasteiger partial charge on any atom is 0.325 e. The third-order valence-corrected chi connectivity index (χ3v) is 4.68. The summed E-state index contributed by atoms with van der Waals surface area (Å²) in [4.78, 5) is 41.4. The predicted molar refractivity (Wildman–Crippen MR) is 117 cm³/mol. The van der Waals surface area contributed by atoms with Crippen molar-refractivity contribution >= 4 is 31.0 Å². The summed E-state index contributed by atoms with van der Waals surface area (Å²) in [5, 5.41) is 13.1. The molecule has 9 heteroatoms. The van der Waals surface area contributed by atoms with Gasteiger partial charge in [0, 0.05) is 7.05 Å². The quantitative estimate of drug-likeness (QED) is 0.438. The molecule has 0 unspecified atom stereocenters. The second kappa shape index (κ2) is 8.32. The Morgan fingerprint density at radius 3 is 2.47 bits per heavy atom. The van der Waals surface area contributed by atoms with Gasteiger partial charge >= 0.3 is 5.97 Å². The minimum absolute atomic E-state index is 0.212. The molecule has 2 heterocycles. The van der Waals surface area contributed by atoms with Gasteiger partial charge in [0.25, 0.3) is 11.5 Å². The fraction of sp³-hybridized carbons (Fsp3) is 0.429. The topological polar surface area (TPSA) is 111 Å². The van der Waals surface area contributed by atoms with E-state index in [0.717, 1.165) is 0 Å². The molecule has 8 nitrogen and oxygen atoms in total. The fourth-order valence-corrected chi connectivity index (χ4v) is 3.04. The molecule has 30 heavy (non-hydrogen) atoms. The van der Waals surface area contributed by atoms with E-state index in [2.05, 4.69) is 41.4 Å². The van der Waals surface area contributed by atoms with Gasteiger partial charge in [-0.15, -0.1) is 5.54 Å². The van der Waals surface area contributed by atoms with Crippen LogP contribution in [0.4, 0.5) is 0 Å². The smallest absolute Gasteiger partial charge is 0.325 e. The first-order chi connectivity index (χ1) is 13.7. The Morgan fingerprint density at radius 2 is 1.90 bits per heavy atom. The van der Waals surface area contributed by atoms with Crippen LogP contribution in [0.3, 0.4) is 0 Å². The second-order valence-electron chi connectivity index (χ2n) is 8.92. The average Bonchev–Trinajstić information content (AvgIpc) is 2.61. The third kappa shape index (κ3) is 5.70. The van der Waals surface area contributed by atoms with Gasteiger partial charge in [-0.25, -0.2) is 4.98 Å². The van der Waals surface area contributed by atoms with Crippen LogP contribution in [0.15, 0.2) is 16.9 Å². The van der Waals surface area contributed by atoms with E-state index < -0.39 is 49.0 Å². The first kappa shape index (κ1) is 23.2. The summed E-state index contributed by atoms with van der Waals surface area (Å²) in [6.45, 7) is 11.0. The Hall–Kier alpha value is -3.12. The van der Waals surface area contributed by atoms with Crippen molar-refractivity contribution in [3.63, 3.8) is 0 Å². The molecule has 0 aromatic carbocycles. The van der Waals surface area contributed by atoms with Gasteiger partial charge in [0.2, 0.25) is 0 Å². The van der Waals surface area contributed by atoms with Crippen LogP contribution >= 0.6 is 0 Å². The lowest BCUT2D eigenvalue weighted by atomic mass is 10.1. The fourth-order valence-electron chi connectivity index (χ4n) is 2.53. The number of pyridine rings is 2. The van der Waals surface area contributed by atoms with Crippen LogP contribution in [0.25, 0.3) is 11.0 Å². The Balaban J connectivity index is 2.41. The number of ether oxygens (including phenoxy) is 1. The maximum absolute atomic E-state index is 12.7. The molecule has 2 aromatic rings. The van der Waals surface area contributed by atoms with Gasteiger partial charge in [-0.3, -0.25) is 19.0 Å². The van der Waals surface area contributed by atoms with Crippen LogP contribution in [0, 0.1) is 11.5 Å². The molecule has 160 valence electrons. The number of amides is 1. The Kier molecular flexibility index (Phi) is 6.42. The summed E-state index contributed by atoms with van der Waals surface area (Å²) in [5.74, 6) is 0.987. The Morgan fingerprint density at radius 1 is 1.27 bits per heavy atom. The summed E-state index contributed by atoms with van der Waals surface area (Å²) >= 11 is 0. The number of aryl methyl sites for hydroxylation is 1. The number of esters is 1. The van der Waals surface area contributed by atoms with E-state index in [1.807, 2.05) is 0 Å². The van der Waals surface area contributed by atoms with Crippen molar-refractivity contribution in [3.05, 3.63) is 33.7 Å². The number of aromatic hydroxyl groups is 1. The molecule has 0 bridgehead atoms. The van der Waals surface area contributed by atoms with Gasteiger partial charge in [-0.1, -0.05) is 25.6 Å². The van der Waals surface area contributed by atoms with Gasteiger partial charge in [0.15, 0.2) is 0 Å². The van der Waals surface area contributed by atoms with Crippen molar-refractivity contribution in [3.8, 4) is 17.2 Å². The zero-order valence-electron chi connectivity index (χ0n) is 18.3. The van der Waals surface area contributed by atoms with Gasteiger partial charge in [0.1, 0.15) is 42.9 Å². The van der Waals surface area contributed by atoms with Crippen LogP contribution in [0.1, 0.15) is 36.8 Å². The van der Waals surface area contributed by atoms with Crippen LogP contribution in [-0.4, -0.2) is 46.8 Å². The lowest BCUT2D eigenvalue weighted by molar-refractivity contribution is -0.153. The number of hydrogen-bond acceptors (Lipinski definition) is 6. The molecular weight excluding hydrogens is 402 g/mol. The third-order valence-electron chi connectivity index (χ3n) is 3.81. The molecular formula is C21H27N3O5Si. The van der Waals surface area contributed by atoms with Crippen molar-refractivity contribution < 1.29 is 19.4 Å². The van der Waals surface area contributed by atoms with E-state index in [1.54, 1.807) is 32.9 Å². The number of nitrogens with one attached hydrogen (secondary N) is 1. The second-order valence-corrected chi connectivity index (χ2v) is 13.7. The van der Waals surface area contributed by atoms with Gasteiger partial charge in [-0.2, -0.15) is 0 Å². The van der Waals surface area contributed by atoms with Gasteiger partial charge < -0.3 is 15.2 Å². The summed E-state index contributed by atoms with van der Waals surface area (Å²) in [6, 6.07) is 3.19. The first-order valence-electron chi connectivity index (χ1n) is 9.45. The zero-order chi connectivity index (χ0) is 22.9. The van der Waals surface area contributed by atoms with Gasteiger partial charge in [0.05, 0.1) is 5.39 Å². The van der Waals surface area contributed by atoms with Crippen molar-refractivity contribution in [2.45, 2.75) is 46.0 Å². The molecule has 2 aromatic heterocycles. The van der Waals surface area contributed by atoms with Crippen molar-refractivity contribution in [2.24, 2.45) is 7.05 Å². The predicted octanol–water partition coefficient (Wildman–Crippen LogP) is 1.94.